The molecule has 1 aromatic heterocycles. The molecule has 1 aromatic carbocycles. The number of fused-ring (bicyclic) bond motifs is 1. The van der Waals surface area contributed by atoms with Crippen molar-refractivity contribution in [3.05, 3.63) is 24.3 Å². The van der Waals surface area contributed by atoms with Crippen LogP contribution in [0.5, 0.6) is 0 Å². The number of nitrogens with zero attached hydrogens (tertiary/aromatic N) is 1. The van der Waals surface area contributed by atoms with Gasteiger partial charge in [0.1, 0.15) is 0 Å². The minimum atomic E-state index is -0.711. The summed E-state index contributed by atoms with van der Waals surface area (Å²) in [6.07, 6.45) is 2.58. The lowest BCUT2D eigenvalue weighted by Crippen LogP contribution is -2.16. The quantitative estimate of drug-likeness (QED) is 0.810. The zero-order chi connectivity index (χ0) is 14.5. The van der Waals surface area contributed by atoms with Gasteiger partial charge in [0.25, 0.3) is 0 Å². The summed E-state index contributed by atoms with van der Waals surface area (Å²) >= 11 is 1.65. The third-order valence-corrected chi connectivity index (χ3v) is 4.33. The number of hydrogen-bond acceptors (Lipinski definition) is 4. The molecule has 0 fully saturated rings. The first-order valence-corrected chi connectivity index (χ1v) is 7.73. The number of anilines is 1. The van der Waals surface area contributed by atoms with Gasteiger partial charge in [0.2, 0.25) is 0 Å². The van der Waals surface area contributed by atoms with Crippen LogP contribution in [0.15, 0.2) is 24.3 Å². The number of benzene rings is 1. The van der Waals surface area contributed by atoms with Gasteiger partial charge in [0.05, 0.1) is 16.1 Å². The number of nitrogens with one attached hydrogen (secondary N) is 1. The van der Waals surface area contributed by atoms with Crippen LogP contribution in [0, 0.1) is 5.92 Å². The fourth-order valence-corrected chi connectivity index (χ4v) is 3.05. The number of aliphatic carboxylic acids is 1. The Bertz CT molecular complexity index is 549. The Kier molecular flexibility index (Phi) is 4.95. The summed E-state index contributed by atoms with van der Waals surface area (Å²) in [4.78, 5) is 15.3. The fourth-order valence-electron chi connectivity index (χ4n) is 2.07. The smallest absolute Gasteiger partial charge is 0.306 e. The molecule has 2 rings (SSSR count). The van der Waals surface area contributed by atoms with Crippen LogP contribution in [-0.4, -0.2) is 22.1 Å². The molecule has 0 saturated carbocycles. The van der Waals surface area contributed by atoms with Gasteiger partial charge in [-0.3, -0.25) is 4.79 Å². The molecule has 0 spiro atoms. The Morgan fingerprint density at radius 2 is 2.10 bits per heavy atom. The van der Waals surface area contributed by atoms with E-state index in [2.05, 4.69) is 23.3 Å². The Morgan fingerprint density at radius 1 is 1.35 bits per heavy atom. The second kappa shape index (κ2) is 6.70. The van der Waals surface area contributed by atoms with Crippen LogP contribution in [0.1, 0.15) is 33.1 Å². The topological polar surface area (TPSA) is 62.2 Å². The molecule has 20 heavy (non-hydrogen) atoms. The predicted octanol–water partition coefficient (Wildman–Crippen LogP) is 3.99. The number of carboxylic acid groups (broad SMARTS) is 1. The first-order valence-electron chi connectivity index (χ1n) is 6.91. The van der Waals surface area contributed by atoms with Crippen LogP contribution in [0.3, 0.4) is 0 Å². The van der Waals surface area contributed by atoms with Crippen LogP contribution in [0.25, 0.3) is 10.2 Å². The highest BCUT2D eigenvalue weighted by Gasteiger charge is 2.12. The molecule has 0 radical (unpaired) electrons. The number of para-hydroxylation sites is 1. The van der Waals surface area contributed by atoms with Crippen molar-refractivity contribution in [1.29, 1.82) is 0 Å². The average molecular weight is 292 g/mol. The van der Waals surface area contributed by atoms with Gasteiger partial charge >= 0.3 is 5.97 Å². The van der Waals surface area contributed by atoms with E-state index in [1.807, 2.05) is 18.2 Å². The Hall–Kier alpha value is -1.62. The predicted molar refractivity (Wildman–Crippen MR) is 83.4 cm³/mol. The van der Waals surface area contributed by atoms with Gasteiger partial charge in [0, 0.05) is 6.04 Å². The zero-order valence-electron chi connectivity index (χ0n) is 11.8. The van der Waals surface area contributed by atoms with E-state index in [9.17, 15) is 4.79 Å². The van der Waals surface area contributed by atoms with Crippen molar-refractivity contribution in [3.63, 3.8) is 0 Å². The molecule has 4 nitrogen and oxygen atoms in total. The maximum atomic E-state index is 10.7. The third-order valence-electron chi connectivity index (χ3n) is 3.36. The normalized spacial score (nSPS) is 14.1. The standard InChI is InChI=1S/C15H20N2O2S/c1-10(14(18)19)6-5-7-11(2)16-15-17-12-8-3-4-9-13(12)20-15/h3-4,8-11H,5-7H2,1-2H3,(H,16,17)(H,18,19). The summed E-state index contributed by atoms with van der Waals surface area (Å²) in [6.45, 7) is 3.87. The lowest BCUT2D eigenvalue weighted by molar-refractivity contribution is -0.141. The highest BCUT2D eigenvalue weighted by atomic mass is 32.1. The molecule has 2 unspecified atom stereocenters. The molecular weight excluding hydrogens is 272 g/mol. The molecule has 5 heteroatoms. The van der Waals surface area contributed by atoms with Crippen molar-refractivity contribution in [2.75, 3.05) is 5.32 Å². The average Bonchev–Trinajstić information content (AvgIpc) is 2.80. The maximum Gasteiger partial charge on any atom is 0.306 e. The van der Waals surface area contributed by atoms with Gasteiger partial charge < -0.3 is 10.4 Å². The fraction of sp³-hybridized carbons (Fsp3) is 0.467. The third kappa shape index (κ3) is 3.93. The van der Waals surface area contributed by atoms with Crippen molar-refractivity contribution in [3.8, 4) is 0 Å². The van der Waals surface area contributed by atoms with Gasteiger partial charge in [-0.25, -0.2) is 4.98 Å². The van der Waals surface area contributed by atoms with E-state index in [0.29, 0.717) is 6.04 Å². The second-order valence-corrected chi connectivity index (χ2v) is 6.23. The summed E-state index contributed by atoms with van der Waals surface area (Å²) in [6, 6.07) is 8.38. The van der Waals surface area contributed by atoms with Crippen molar-refractivity contribution in [2.24, 2.45) is 5.92 Å². The van der Waals surface area contributed by atoms with E-state index in [1.165, 1.54) is 4.70 Å². The van der Waals surface area contributed by atoms with Gasteiger partial charge in [-0.05, 0) is 31.9 Å². The molecular formula is C15H20N2O2S. The minimum Gasteiger partial charge on any atom is -0.481 e. The van der Waals surface area contributed by atoms with Gasteiger partial charge in [0.15, 0.2) is 5.13 Å². The summed E-state index contributed by atoms with van der Waals surface area (Å²) in [5.74, 6) is -0.971. The molecule has 2 N–H and O–H groups in total. The molecule has 0 bridgehead atoms. The minimum absolute atomic E-state index is 0.260. The van der Waals surface area contributed by atoms with E-state index >= 15 is 0 Å². The van der Waals surface area contributed by atoms with Gasteiger partial charge in [-0.1, -0.05) is 36.8 Å². The van der Waals surface area contributed by atoms with Crippen LogP contribution in [0.4, 0.5) is 5.13 Å². The van der Waals surface area contributed by atoms with Gasteiger partial charge in [-0.2, -0.15) is 0 Å². The molecule has 2 atom stereocenters. The summed E-state index contributed by atoms with van der Waals surface area (Å²) in [7, 11) is 0. The number of carboxylic acids is 1. The molecule has 0 aliphatic heterocycles. The highest BCUT2D eigenvalue weighted by Crippen LogP contribution is 2.26. The van der Waals surface area contributed by atoms with Crippen molar-refractivity contribution in [2.45, 2.75) is 39.2 Å². The SMILES string of the molecule is CC(CCCC(C)C(=O)O)Nc1nc2ccccc2s1. The van der Waals surface area contributed by atoms with E-state index in [1.54, 1.807) is 18.3 Å². The van der Waals surface area contributed by atoms with Crippen LogP contribution in [-0.2, 0) is 4.79 Å². The molecule has 0 aliphatic rings. The largest absolute Gasteiger partial charge is 0.481 e. The number of hydrogen-bond donors (Lipinski definition) is 2. The van der Waals surface area contributed by atoms with Gasteiger partial charge in [-0.15, -0.1) is 0 Å². The van der Waals surface area contributed by atoms with Crippen LogP contribution in [0.2, 0.25) is 0 Å². The molecule has 2 aromatic rings. The Labute approximate surface area is 122 Å². The van der Waals surface area contributed by atoms with Crippen molar-refractivity contribution in [1.82, 2.24) is 4.98 Å². The first kappa shape index (κ1) is 14.8. The molecule has 0 aliphatic carbocycles. The molecule has 1 heterocycles. The highest BCUT2D eigenvalue weighted by molar-refractivity contribution is 7.22. The zero-order valence-corrected chi connectivity index (χ0v) is 12.6. The van der Waals surface area contributed by atoms with E-state index < -0.39 is 5.97 Å². The van der Waals surface area contributed by atoms with Crippen LogP contribution < -0.4 is 5.32 Å². The Morgan fingerprint density at radius 3 is 2.80 bits per heavy atom. The number of carbonyl (C=O) groups is 1. The van der Waals surface area contributed by atoms with Crippen molar-refractivity contribution >= 4 is 32.7 Å². The van der Waals surface area contributed by atoms with E-state index in [4.69, 9.17) is 5.11 Å². The molecule has 108 valence electrons. The van der Waals surface area contributed by atoms with Crippen molar-refractivity contribution < 1.29 is 9.90 Å². The number of aromatic nitrogens is 1. The summed E-state index contributed by atoms with van der Waals surface area (Å²) < 4.78 is 1.18. The summed E-state index contributed by atoms with van der Waals surface area (Å²) in [5, 5.41) is 13.2. The first-order chi connectivity index (χ1) is 9.56. The second-order valence-electron chi connectivity index (χ2n) is 5.20. The Balaban J connectivity index is 1.82. The van der Waals surface area contributed by atoms with E-state index in [0.717, 1.165) is 29.9 Å². The summed E-state index contributed by atoms with van der Waals surface area (Å²) in [5.41, 5.74) is 1.02. The lowest BCUT2D eigenvalue weighted by Gasteiger charge is -2.13. The number of thiazole rings is 1. The molecule has 0 saturated heterocycles. The number of rotatable bonds is 7. The van der Waals surface area contributed by atoms with Crippen LogP contribution >= 0.6 is 11.3 Å². The van der Waals surface area contributed by atoms with E-state index in [-0.39, 0.29) is 5.92 Å². The monoisotopic (exact) mass is 292 g/mol. The lowest BCUT2D eigenvalue weighted by atomic mass is 10.0. The maximum absolute atomic E-state index is 10.7. The molecule has 0 amide bonds.